The zero-order valence-corrected chi connectivity index (χ0v) is 24.2. The SMILES string of the molecule is CSCCC(NC(=O)c1ccc(COCc2cnc(-c3ccccc3Cl)o2)cc1-c1ccccc1C)C(=O)O.[H-].[Li+]. The number of aromatic nitrogens is 1. The molecule has 0 aliphatic heterocycles. The van der Waals surface area contributed by atoms with Crippen molar-refractivity contribution in [2.45, 2.75) is 32.6 Å². The molecule has 4 aromatic rings. The van der Waals surface area contributed by atoms with E-state index in [2.05, 4.69) is 10.3 Å². The number of benzene rings is 3. The van der Waals surface area contributed by atoms with Crippen LogP contribution in [-0.2, 0) is 22.7 Å². The van der Waals surface area contributed by atoms with Gasteiger partial charge in [-0.15, -0.1) is 0 Å². The molecule has 40 heavy (non-hydrogen) atoms. The van der Waals surface area contributed by atoms with Crippen LogP contribution in [0.3, 0.4) is 0 Å². The monoisotopic (exact) mass is 572 g/mol. The first-order chi connectivity index (χ1) is 18.9. The van der Waals surface area contributed by atoms with Crippen LogP contribution in [0.4, 0.5) is 0 Å². The number of carbonyl (C=O) groups is 2. The number of carbonyl (C=O) groups excluding carboxylic acids is 1. The number of nitrogens with zero attached hydrogens (tertiary/aromatic N) is 1. The Labute approximate surface area is 256 Å². The van der Waals surface area contributed by atoms with E-state index in [0.29, 0.717) is 45.5 Å². The molecule has 0 spiro atoms. The molecule has 0 saturated heterocycles. The first-order valence-electron chi connectivity index (χ1n) is 12.4. The third-order valence-electron chi connectivity index (χ3n) is 6.15. The fourth-order valence-corrected chi connectivity index (χ4v) is 4.80. The molecule has 3 aromatic carbocycles. The molecule has 4 rings (SSSR count). The van der Waals surface area contributed by atoms with Crippen molar-refractivity contribution in [2.24, 2.45) is 0 Å². The minimum Gasteiger partial charge on any atom is -1.00 e. The number of amides is 1. The van der Waals surface area contributed by atoms with Crippen molar-refractivity contribution in [1.29, 1.82) is 0 Å². The van der Waals surface area contributed by atoms with Gasteiger partial charge < -0.3 is 21.0 Å². The Morgan fingerprint density at radius 3 is 2.50 bits per heavy atom. The number of rotatable bonds is 12. The predicted molar refractivity (Wildman–Crippen MR) is 155 cm³/mol. The molecule has 0 saturated carbocycles. The summed E-state index contributed by atoms with van der Waals surface area (Å²) in [6.45, 7) is 2.45. The number of hydrogen-bond acceptors (Lipinski definition) is 6. The number of carboxylic acid groups (broad SMARTS) is 1. The number of nitrogens with one attached hydrogen (secondary N) is 1. The molecular formula is C30H30ClLiN2O5S. The summed E-state index contributed by atoms with van der Waals surface area (Å²) >= 11 is 7.78. The van der Waals surface area contributed by atoms with Gasteiger partial charge in [0.05, 0.1) is 23.4 Å². The summed E-state index contributed by atoms with van der Waals surface area (Å²) in [5.74, 6) is 0.134. The molecule has 0 radical (unpaired) electrons. The molecule has 0 fully saturated rings. The third-order valence-corrected chi connectivity index (χ3v) is 7.12. The van der Waals surface area contributed by atoms with Crippen molar-refractivity contribution in [3.05, 3.63) is 100 Å². The van der Waals surface area contributed by atoms with Crippen LogP contribution in [0, 0.1) is 6.92 Å². The Morgan fingerprint density at radius 2 is 1.80 bits per heavy atom. The van der Waals surface area contributed by atoms with Gasteiger partial charge in [-0.05, 0) is 71.9 Å². The van der Waals surface area contributed by atoms with Crippen molar-refractivity contribution < 1.29 is 44.1 Å². The number of carboxylic acids is 1. The summed E-state index contributed by atoms with van der Waals surface area (Å²) < 4.78 is 11.7. The smallest absolute Gasteiger partial charge is 1.00 e. The normalized spacial score (nSPS) is 11.5. The first kappa shape index (κ1) is 31.5. The molecule has 0 aliphatic rings. The third kappa shape index (κ3) is 8.03. The molecule has 1 aromatic heterocycles. The van der Waals surface area contributed by atoms with E-state index in [0.717, 1.165) is 16.7 Å². The van der Waals surface area contributed by atoms with Gasteiger partial charge in [0.2, 0.25) is 5.89 Å². The van der Waals surface area contributed by atoms with Crippen LogP contribution in [0.1, 0.15) is 35.1 Å². The van der Waals surface area contributed by atoms with Gasteiger partial charge in [-0.1, -0.05) is 54.1 Å². The van der Waals surface area contributed by atoms with Gasteiger partial charge in [-0.2, -0.15) is 11.8 Å². The van der Waals surface area contributed by atoms with E-state index in [1.807, 2.05) is 67.8 Å². The van der Waals surface area contributed by atoms with Crippen LogP contribution in [0.25, 0.3) is 22.6 Å². The van der Waals surface area contributed by atoms with E-state index in [1.54, 1.807) is 18.3 Å². The van der Waals surface area contributed by atoms with E-state index in [1.165, 1.54) is 11.8 Å². The summed E-state index contributed by atoms with van der Waals surface area (Å²) in [5, 5.41) is 12.8. The maximum Gasteiger partial charge on any atom is 1.00 e. The van der Waals surface area contributed by atoms with E-state index < -0.39 is 17.9 Å². The molecule has 1 heterocycles. The van der Waals surface area contributed by atoms with Crippen LogP contribution in [-0.4, -0.2) is 40.0 Å². The number of aryl methyl sites for hydroxylation is 1. The maximum atomic E-state index is 13.2. The second-order valence-electron chi connectivity index (χ2n) is 8.94. The van der Waals surface area contributed by atoms with E-state index in [-0.39, 0.29) is 33.5 Å². The van der Waals surface area contributed by atoms with Gasteiger partial charge in [-0.25, -0.2) is 9.78 Å². The number of thioether (sulfide) groups is 1. The molecule has 204 valence electrons. The zero-order chi connectivity index (χ0) is 27.8. The van der Waals surface area contributed by atoms with E-state index in [4.69, 9.17) is 20.8 Å². The molecule has 0 bridgehead atoms. The Kier molecular flexibility index (Phi) is 11.9. The second-order valence-corrected chi connectivity index (χ2v) is 10.3. The van der Waals surface area contributed by atoms with Gasteiger partial charge in [-0.3, -0.25) is 4.79 Å². The Bertz CT molecular complexity index is 1470. The Morgan fingerprint density at radius 1 is 1.07 bits per heavy atom. The number of hydrogen-bond donors (Lipinski definition) is 2. The molecule has 0 aliphatic carbocycles. The molecule has 1 amide bonds. The Hall–Kier alpha value is -2.99. The van der Waals surface area contributed by atoms with Crippen molar-refractivity contribution in [1.82, 2.24) is 10.3 Å². The van der Waals surface area contributed by atoms with Crippen LogP contribution in [0.15, 0.2) is 77.3 Å². The predicted octanol–water partition coefficient (Wildman–Crippen LogP) is 3.74. The van der Waals surface area contributed by atoms with Gasteiger partial charge in [0.15, 0.2) is 5.76 Å². The van der Waals surface area contributed by atoms with Crippen molar-refractivity contribution >= 4 is 35.2 Å². The molecule has 1 unspecified atom stereocenters. The molecule has 1 atom stereocenters. The van der Waals surface area contributed by atoms with Gasteiger partial charge in [0.1, 0.15) is 12.6 Å². The van der Waals surface area contributed by atoms with Crippen molar-refractivity contribution in [2.75, 3.05) is 12.0 Å². The molecule has 2 N–H and O–H groups in total. The van der Waals surface area contributed by atoms with Crippen LogP contribution in [0.2, 0.25) is 5.02 Å². The fraction of sp³-hybridized carbons (Fsp3) is 0.233. The summed E-state index contributed by atoms with van der Waals surface area (Å²) in [6, 6.07) is 19.5. The van der Waals surface area contributed by atoms with Gasteiger partial charge >= 0.3 is 24.8 Å². The zero-order valence-electron chi connectivity index (χ0n) is 23.6. The van der Waals surface area contributed by atoms with Gasteiger partial charge in [0, 0.05) is 5.56 Å². The summed E-state index contributed by atoms with van der Waals surface area (Å²) in [6.07, 6.45) is 3.85. The second kappa shape index (κ2) is 15.1. The van der Waals surface area contributed by atoms with Crippen molar-refractivity contribution in [3.63, 3.8) is 0 Å². The quantitative estimate of drug-likeness (QED) is 0.249. The fourth-order valence-electron chi connectivity index (χ4n) is 4.11. The average molecular weight is 573 g/mol. The standard InChI is InChI=1S/C30H29ClN2O5S.Li.H/c1-19-7-3-4-8-22(19)25-15-20(11-12-23(25)28(34)33-27(30(35)36)13-14-39-2)17-37-18-21-16-32-29(38-21)24-9-5-6-10-26(24)31;;/h3-12,15-16,27H,13-14,17-18H2,1-2H3,(H,33,34)(H,35,36);;/q;+1;-1. The van der Waals surface area contributed by atoms with E-state index >= 15 is 0 Å². The van der Waals surface area contributed by atoms with Crippen LogP contribution in [0.5, 0.6) is 0 Å². The minimum absolute atomic E-state index is 0. The molecule has 7 nitrogen and oxygen atoms in total. The topological polar surface area (TPSA) is 102 Å². The van der Waals surface area contributed by atoms with Crippen LogP contribution < -0.4 is 24.2 Å². The van der Waals surface area contributed by atoms with E-state index in [9.17, 15) is 14.7 Å². The summed E-state index contributed by atoms with van der Waals surface area (Å²) in [4.78, 5) is 29.3. The van der Waals surface area contributed by atoms with Gasteiger partial charge in [0.25, 0.3) is 5.91 Å². The number of halogens is 1. The van der Waals surface area contributed by atoms with Crippen molar-refractivity contribution in [3.8, 4) is 22.6 Å². The molecular weight excluding hydrogens is 543 g/mol. The average Bonchev–Trinajstić information content (AvgIpc) is 3.40. The summed E-state index contributed by atoms with van der Waals surface area (Å²) in [5.41, 5.74) is 4.56. The maximum absolute atomic E-state index is 13.2. The number of aliphatic carboxylic acids is 1. The largest absolute Gasteiger partial charge is 1.00 e. The minimum atomic E-state index is -1.05. The molecule has 10 heteroatoms. The summed E-state index contributed by atoms with van der Waals surface area (Å²) in [7, 11) is 0. The number of ether oxygens (including phenoxy) is 1. The number of oxazole rings is 1. The first-order valence-corrected chi connectivity index (χ1v) is 14.1. The van der Waals surface area contributed by atoms with Crippen LogP contribution >= 0.6 is 23.4 Å². The Balaban J connectivity index is 0.00000294.